The zero-order valence-corrected chi connectivity index (χ0v) is 23.7. The van der Waals surface area contributed by atoms with E-state index in [1.165, 1.54) is 22.7 Å². The number of hydrogen-bond acceptors (Lipinski definition) is 8. The molecule has 0 atom stereocenters. The van der Waals surface area contributed by atoms with Crippen LogP contribution in [-0.2, 0) is 10.1 Å². The largest absolute Gasteiger partial charge is 0.744 e. The first-order valence-corrected chi connectivity index (χ1v) is 15.2. The molecule has 8 nitrogen and oxygen atoms in total. The minimum Gasteiger partial charge on any atom is -0.744 e. The number of amides is 2. The van der Waals surface area contributed by atoms with Crippen molar-refractivity contribution >= 4 is 70.6 Å². The van der Waals surface area contributed by atoms with Crippen LogP contribution < -0.4 is 10.6 Å². The molecule has 6 rings (SSSR count). The molecule has 200 valence electrons. The molecule has 0 aliphatic carbocycles. The summed E-state index contributed by atoms with van der Waals surface area (Å²) in [6, 6.07) is 23.8. The lowest BCUT2D eigenvalue weighted by atomic mass is 10.2. The Balaban J connectivity index is 1.23. The van der Waals surface area contributed by atoms with Crippen LogP contribution in [0.3, 0.4) is 0 Å². The van der Waals surface area contributed by atoms with Crippen LogP contribution in [0.15, 0.2) is 83.8 Å². The van der Waals surface area contributed by atoms with Gasteiger partial charge in [0.25, 0.3) is 0 Å². The number of benzene rings is 4. The SMILES string of the molecule is Cc1ccc(NC(=O)Nc2ccc(-c3nc4ccc(-c5nc6ccc(C)c(S(=O)(=O)[O-])c6s5)cc4s3)cc2)cc1. The summed E-state index contributed by atoms with van der Waals surface area (Å²) < 4.78 is 36.9. The number of aromatic nitrogens is 2. The summed E-state index contributed by atoms with van der Waals surface area (Å²) in [6.45, 7) is 3.60. The number of aryl methyl sites for hydroxylation is 2. The number of thiazole rings is 2. The Kier molecular flexibility index (Phi) is 6.59. The fraction of sp³-hybridized carbons (Fsp3) is 0.0690. The zero-order valence-electron chi connectivity index (χ0n) is 21.3. The summed E-state index contributed by atoms with van der Waals surface area (Å²) in [5.74, 6) is 0. The molecule has 0 bridgehead atoms. The highest BCUT2D eigenvalue weighted by Gasteiger charge is 2.17. The second-order valence-corrected chi connectivity index (χ2v) is 12.6. The quantitative estimate of drug-likeness (QED) is 0.203. The number of urea groups is 1. The van der Waals surface area contributed by atoms with E-state index in [4.69, 9.17) is 4.98 Å². The van der Waals surface area contributed by atoms with Gasteiger partial charge in [0.2, 0.25) is 0 Å². The number of hydrogen-bond donors (Lipinski definition) is 2. The van der Waals surface area contributed by atoms with E-state index in [0.29, 0.717) is 32.2 Å². The van der Waals surface area contributed by atoms with Crippen LogP contribution in [0.4, 0.5) is 16.2 Å². The highest BCUT2D eigenvalue weighted by Crippen LogP contribution is 2.38. The Hall–Kier alpha value is -4.16. The van der Waals surface area contributed by atoms with E-state index in [9.17, 15) is 17.8 Å². The van der Waals surface area contributed by atoms with Gasteiger partial charge in [0, 0.05) is 22.5 Å². The van der Waals surface area contributed by atoms with Crippen LogP contribution in [-0.4, -0.2) is 29.0 Å². The third-order valence-corrected chi connectivity index (χ3v) is 9.65. The maximum atomic E-state index is 12.3. The summed E-state index contributed by atoms with van der Waals surface area (Å²) in [5, 5.41) is 7.09. The third-order valence-electron chi connectivity index (χ3n) is 6.29. The van der Waals surface area contributed by atoms with Crippen molar-refractivity contribution in [1.82, 2.24) is 9.97 Å². The number of nitrogens with one attached hydrogen (secondary N) is 2. The molecule has 0 spiro atoms. The first kappa shape index (κ1) is 26.1. The zero-order chi connectivity index (χ0) is 28.0. The van der Waals surface area contributed by atoms with Crippen LogP contribution >= 0.6 is 22.7 Å². The Morgan fingerprint density at radius 2 is 1.32 bits per heavy atom. The van der Waals surface area contributed by atoms with Crippen molar-refractivity contribution < 1.29 is 17.8 Å². The van der Waals surface area contributed by atoms with Crippen molar-refractivity contribution in [2.24, 2.45) is 0 Å². The Bertz CT molecular complexity index is 2010. The average Bonchev–Trinajstić information content (AvgIpc) is 3.53. The molecule has 4 aromatic carbocycles. The summed E-state index contributed by atoms with van der Waals surface area (Å²) in [7, 11) is -4.63. The lowest BCUT2D eigenvalue weighted by molar-refractivity contribution is 0.262. The standard InChI is InChI=1S/C29H22N4O4S3/c1-16-3-9-20(10-4-16)30-29(34)31-21-11-6-18(7-12-21)27-32-22-14-8-19(15-24(22)38-27)28-33-23-13-5-17(2)26(25(23)39-28)40(35,36)37/h3-15H,1-2H3,(H2,30,31,34)(H,35,36,37)/p-1. The molecule has 6 aromatic rings. The first-order chi connectivity index (χ1) is 19.1. The molecular weight excluding hydrogens is 565 g/mol. The predicted molar refractivity (Wildman–Crippen MR) is 160 cm³/mol. The number of rotatable bonds is 5. The maximum absolute atomic E-state index is 12.3. The van der Waals surface area contributed by atoms with E-state index < -0.39 is 10.1 Å². The molecule has 0 unspecified atom stereocenters. The number of fused-ring (bicyclic) bond motifs is 2. The third kappa shape index (κ3) is 5.19. The highest BCUT2D eigenvalue weighted by atomic mass is 32.2. The highest BCUT2D eigenvalue weighted by molar-refractivity contribution is 7.86. The lowest BCUT2D eigenvalue weighted by Gasteiger charge is -2.10. The number of carbonyl (C=O) groups excluding carboxylic acids is 1. The molecule has 40 heavy (non-hydrogen) atoms. The molecule has 0 saturated carbocycles. The summed E-state index contributed by atoms with van der Waals surface area (Å²) in [6.07, 6.45) is 0. The fourth-order valence-electron chi connectivity index (χ4n) is 4.31. The maximum Gasteiger partial charge on any atom is 0.323 e. The van der Waals surface area contributed by atoms with Crippen molar-refractivity contribution in [2.45, 2.75) is 18.7 Å². The van der Waals surface area contributed by atoms with E-state index in [0.717, 1.165) is 31.9 Å². The minimum atomic E-state index is -4.63. The van der Waals surface area contributed by atoms with Gasteiger partial charge in [-0.3, -0.25) is 0 Å². The molecule has 2 aromatic heterocycles. The van der Waals surface area contributed by atoms with Crippen LogP contribution in [0, 0.1) is 13.8 Å². The van der Waals surface area contributed by atoms with Crippen molar-refractivity contribution in [3.8, 4) is 21.1 Å². The van der Waals surface area contributed by atoms with Crippen LogP contribution in [0.1, 0.15) is 11.1 Å². The van der Waals surface area contributed by atoms with Gasteiger partial charge in [-0.25, -0.2) is 23.2 Å². The predicted octanol–water partition coefficient (Wildman–Crippen LogP) is 7.40. The van der Waals surface area contributed by atoms with Gasteiger partial charge in [0.05, 0.1) is 25.3 Å². The molecule has 0 saturated heterocycles. The van der Waals surface area contributed by atoms with E-state index >= 15 is 0 Å². The van der Waals surface area contributed by atoms with E-state index in [1.54, 1.807) is 19.1 Å². The second-order valence-electron chi connectivity index (χ2n) is 9.26. The Morgan fingerprint density at radius 1 is 0.750 bits per heavy atom. The molecule has 0 fully saturated rings. The molecule has 2 heterocycles. The van der Waals surface area contributed by atoms with Crippen molar-refractivity contribution in [2.75, 3.05) is 10.6 Å². The average molecular weight is 586 g/mol. The van der Waals surface area contributed by atoms with Crippen molar-refractivity contribution in [1.29, 1.82) is 0 Å². The van der Waals surface area contributed by atoms with Crippen LogP contribution in [0.25, 0.3) is 41.6 Å². The van der Waals surface area contributed by atoms with E-state index in [2.05, 4.69) is 15.6 Å². The lowest BCUT2D eigenvalue weighted by Crippen LogP contribution is -2.19. The monoisotopic (exact) mass is 585 g/mol. The van der Waals surface area contributed by atoms with Crippen molar-refractivity contribution in [3.05, 3.63) is 90.0 Å². The minimum absolute atomic E-state index is 0.208. The fourth-order valence-corrected chi connectivity index (χ4v) is 7.60. The van der Waals surface area contributed by atoms with Gasteiger partial charge in [-0.15, -0.1) is 22.7 Å². The van der Waals surface area contributed by atoms with Gasteiger partial charge in [-0.1, -0.05) is 23.8 Å². The number of anilines is 2. The second kappa shape index (κ2) is 10.1. The van der Waals surface area contributed by atoms with Gasteiger partial charge in [0.1, 0.15) is 20.1 Å². The first-order valence-electron chi connectivity index (χ1n) is 12.2. The normalized spacial score (nSPS) is 11.7. The Labute approximate surface area is 238 Å². The van der Waals surface area contributed by atoms with Gasteiger partial charge < -0.3 is 15.2 Å². The molecular formula is C29H21N4O4S3-. The topological polar surface area (TPSA) is 124 Å². The summed E-state index contributed by atoms with van der Waals surface area (Å²) in [5.41, 5.74) is 5.92. The smallest absolute Gasteiger partial charge is 0.323 e. The van der Waals surface area contributed by atoms with Crippen LogP contribution in [0.2, 0.25) is 0 Å². The number of nitrogens with zero attached hydrogens (tertiary/aromatic N) is 2. The molecule has 2 N–H and O–H groups in total. The Morgan fingerprint density at radius 3 is 2.00 bits per heavy atom. The van der Waals surface area contributed by atoms with Gasteiger partial charge >= 0.3 is 6.03 Å². The van der Waals surface area contributed by atoms with Gasteiger partial charge in [-0.2, -0.15) is 0 Å². The van der Waals surface area contributed by atoms with E-state index in [-0.39, 0.29) is 10.9 Å². The molecule has 0 radical (unpaired) electrons. The molecule has 0 aliphatic rings. The van der Waals surface area contributed by atoms with Gasteiger partial charge in [0.15, 0.2) is 0 Å². The van der Waals surface area contributed by atoms with Crippen LogP contribution in [0.5, 0.6) is 0 Å². The molecule has 2 amide bonds. The molecule has 11 heteroatoms. The summed E-state index contributed by atoms with van der Waals surface area (Å²) >= 11 is 2.71. The van der Waals surface area contributed by atoms with Gasteiger partial charge in [-0.05, 0) is 80.1 Å². The summed E-state index contributed by atoms with van der Waals surface area (Å²) in [4.78, 5) is 21.5. The van der Waals surface area contributed by atoms with Crippen molar-refractivity contribution in [3.63, 3.8) is 0 Å². The van der Waals surface area contributed by atoms with E-state index in [1.807, 2.05) is 73.7 Å². The number of carbonyl (C=O) groups is 1. The molecule has 0 aliphatic heterocycles.